The number of hydrogen-bond acceptors (Lipinski definition) is 6. The SMILES string of the molecule is O=C1O[C@@H](Cn2ccnn2)CN1c1ccc(N2CC3(COC3)C2)c(F)c1. The zero-order valence-electron chi connectivity index (χ0n) is 14.0. The summed E-state index contributed by atoms with van der Waals surface area (Å²) in [7, 11) is 0. The van der Waals surface area contributed by atoms with E-state index in [0.29, 0.717) is 24.5 Å². The third-order valence-electron chi connectivity index (χ3n) is 5.19. The Balaban J connectivity index is 1.28. The molecule has 0 unspecified atom stereocenters. The second-order valence-corrected chi connectivity index (χ2v) is 7.23. The predicted octanol–water partition coefficient (Wildman–Crippen LogP) is 1.28. The fourth-order valence-corrected chi connectivity index (χ4v) is 3.79. The van der Waals surface area contributed by atoms with Gasteiger partial charge in [-0.05, 0) is 18.2 Å². The molecule has 1 amide bonds. The van der Waals surface area contributed by atoms with Crippen molar-refractivity contribution in [2.24, 2.45) is 5.41 Å². The van der Waals surface area contributed by atoms with Crippen LogP contribution < -0.4 is 9.80 Å². The van der Waals surface area contributed by atoms with Crippen LogP contribution in [0.3, 0.4) is 0 Å². The molecule has 3 aliphatic heterocycles. The molecule has 0 aliphatic carbocycles. The van der Waals surface area contributed by atoms with Gasteiger partial charge in [0.05, 0.1) is 49.3 Å². The van der Waals surface area contributed by atoms with E-state index in [1.54, 1.807) is 29.2 Å². The smallest absolute Gasteiger partial charge is 0.414 e. The average molecular weight is 359 g/mol. The fraction of sp³-hybridized carbons (Fsp3) is 0.471. The standard InChI is InChI=1S/C17H18FN5O3/c18-14-5-12(1-2-15(14)21-8-17(9-21)10-25-11-17)23-7-13(26-16(23)24)6-22-4-3-19-20-22/h1-5,13H,6-11H2/t13-/m0/s1. The Morgan fingerprint density at radius 2 is 2.15 bits per heavy atom. The van der Waals surface area contributed by atoms with E-state index in [1.165, 1.54) is 11.0 Å². The number of anilines is 2. The van der Waals surface area contributed by atoms with Crippen LogP contribution in [0.4, 0.5) is 20.6 Å². The van der Waals surface area contributed by atoms with Gasteiger partial charge in [-0.3, -0.25) is 4.90 Å². The number of cyclic esters (lactones) is 1. The van der Waals surface area contributed by atoms with Crippen molar-refractivity contribution in [3.63, 3.8) is 0 Å². The average Bonchev–Trinajstić information content (AvgIpc) is 3.16. The van der Waals surface area contributed by atoms with Gasteiger partial charge in [-0.15, -0.1) is 5.10 Å². The van der Waals surface area contributed by atoms with Gasteiger partial charge in [-0.1, -0.05) is 5.21 Å². The molecule has 2 aromatic rings. The van der Waals surface area contributed by atoms with Gasteiger partial charge < -0.3 is 14.4 Å². The summed E-state index contributed by atoms with van der Waals surface area (Å²) in [6, 6.07) is 4.89. The van der Waals surface area contributed by atoms with Crippen molar-refractivity contribution < 1.29 is 18.7 Å². The number of hydrogen-bond donors (Lipinski definition) is 0. The Hall–Kier alpha value is -2.68. The number of amides is 1. The Labute approximate surface area is 149 Å². The molecule has 9 heteroatoms. The summed E-state index contributed by atoms with van der Waals surface area (Å²) in [6.07, 6.45) is 2.45. The first kappa shape index (κ1) is 15.6. The Bertz CT molecular complexity index is 831. The molecule has 4 heterocycles. The first-order valence-electron chi connectivity index (χ1n) is 8.56. The van der Waals surface area contributed by atoms with Gasteiger partial charge >= 0.3 is 6.09 Å². The van der Waals surface area contributed by atoms with E-state index in [2.05, 4.69) is 10.3 Å². The van der Waals surface area contributed by atoms with Crippen LogP contribution in [0.15, 0.2) is 30.6 Å². The number of carbonyl (C=O) groups excluding carboxylic acids is 1. The third kappa shape index (κ3) is 2.50. The van der Waals surface area contributed by atoms with Crippen molar-refractivity contribution in [3.8, 4) is 0 Å². The largest absolute Gasteiger partial charge is 0.442 e. The van der Waals surface area contributed by atoms with Crippen molar-refractivity contribution in [3.05, 3.63) is 36.4 Å². The molecule has 0 saturated carbocycles. The lowest BCUT2D eigenvalue weighted by atomic mass is 9.78. The van der Waals surface area contributed by atoms with Gasteiger partial charge in [-0.25, -0.2) is 13.9 Å². The van der Waals surface area contributed by atoms with Gasteiger partial charge in [0, 0.05) is 19.3 Å². The molecule has 136 valence electrons. The molecule has 0 radical (unpaired) electrons. The molecular formula is C17H18FN5O3. The predicted molar refractivity (Wildman–Crippen MR) is 89.5 cm³/mol. The van der Waals surface area contributed by atoms with E-state index < -0.39 is 6.09 Å². The van der Waals surface area contributed by atoms with E-state index in [9.17, 15) is 9.18 Å². The minimum atomic E-state index is -0.475. The zero-order chi connectivity index (χ0) is 17.7. The molecule has 0 bridgehead atoms. The second kappa shape index (κ2) is 5.66. The van der Waals surface area contributed by atoms with Crippen LogP contribution in [0, 0.1) is 11.2 Å². The van der Waals surface area contributed by atoms with Crippen molar-refractivity contribution in [2.45, 2.75) is 12.6 Å². The number of nitrogens with zero attached hydrogens (tertiary/aromatic N) is 5. The van der Waals surface area contributed by atoms with Crippen LogP contribution >= 0.6 is 0 Å². The fourth-order valence-electron chi connectivity index (χ4n) is 3.79. The Kier molecular flexibility index (Phi) is 3.39. The molecule has 3 aliphatic rings. The summed E-state index contributed by atoms with van der Waals surface area (Å²) in [6.45, 7) is 3.92. The monoisotopic (exact) mass is 359 g/mol. The third-order valence-corrected chi connectivity index (χ3v) is 5.19. The highest BCUT2D eigenvalue weighted by atomic mass is 19.1. The molecule has 5 rings (SSSR count). The second-order valence-electron chi connectivity index (χ2n) is 7.23. The summed E-state index contributed by atoms with van der Waals surface area (Å²) >= 11 is 0. The van der Waals surface area contributed by atoms with Gasteiger partial charge in [0.25, 0.3) is 0 Å². The van der Waals surface area contributed by atoms with Crippen molar-refractivity contribution in [1.29, 1.82) is 0 Å². The molecule has 1 atom stereocenters. The van der Waals surface area contributed by atoms with E-state index >= 15 is 0 Å². The normalized spacial score (nSPS) is 23.7. The molecule has 26 heavy (non-hydrogen) atoms. The van der Waals surface area contributed by atoms with E-state index in [-0.39, 0.29) is 17.3 Å². The number of ether oxygens (including phenoxy) is 2. The molecule has 1 aromatic carbocycles. The molecule has 8 nitrogen and oxygen atoms in total. The lowest BCUT2D eigenvalue weighted by molar-refractivity contribution is -0.127. The molecule has 1 spiro atoms. The first-order valence-corrected chi connectivity index (χ1v) is 8.56. The van der Waals surface area contributed by atoms with Crippen molar-refractivity contribution >= 4 is 17.5 Å². The topological polar surface area (TPSA) is 72.7 Å². The zero-order valence-corrected chi connectivity index (χ0v) is 14.0. The number of carbonyl (C=O) groups is 1. The highest BCUT2D eigenvalue weighted by molar-refractivity contribution is 5.90. The van der Waals surface area contributed by atoms with E-state index in [4.69, 9.17) is 9.47 Å². The van der Waals surface area contributed by atoms with Gasteiger partial charge in [-0.2, -0.15) is 0 Å². The first-order chi connectivity index (χ1) is 12.6. The van der Waals surface area contributed by atoms with Crippen LogP contribution in [0.2, 0.25) is 0 Å². The summed E-state index contributed by atoms with van der Waals surface area (Å²) in [4.78, 5) is 15.6. The lowest BCUT2D eigenvalue weighted by Crippen LogP contribution is -2.66. The minimum Gasteiger partial charge on any atom is -0.442 e. The van der Waals surface area contributed by atoms with Crippen LogP contribution in [0.1, 0.15) is 0 Å². The highest BCUT2D eigenvalue weighted by Crippen LogP contribution is 2.41. The maximum Gasteiger partial charge on any atom is 0.414 e. The minimum absolute atomic E-state index is 0.221. The summed E-state index contributed by atoms with van der Waals surface area (Å²) in [5.41, 5.74) is 1.29. The number of aromatic nitrogens is 3. The Morgan fingerprint density at radius 3 is 2.81 bits per heavy atom. The van der Waals surface area contributed by atoms with Crippen LogP contribution in [-0.4, -0.2) is 60.0 Å². The highest BCUT2D eigenvalue weighted by Gasteiger charge is 2.49. The van der Waals surface area contributed by atoms with Gasteiger partial charge in [0.15, 0.2) is 0 Å². The van der Waals surface area contributed by atoms with Crippen molar-refractivity contribution in [1.82, 2.24) is 15.0 Å². The molecular weight excluding hydrogens is 341 g/mol. The van der Waals surface area contributed by atoms with Crippen LogP contribution in [0.25, 0.3) is 0 Å². The van der Waals surface area contributed by atoms with E-state index in [0.717, 1.165) is 26.3 Å². The number of rotatable bonds is 4. The maximum absolute atomic E-state index is 14.6. The Morgan fingerprint density at radius 1 is 1.31 bits per heavy atom. The lowest BCUT2D eigenvalue weighted by Gasteiger charge is -2.56. The molecule has 1 aromatic heterocycles. The summed E-state index contributed by atoms with van der Waals surface area (Å²) < 4.78 is 26.8. The number of halogens is 1. The maximum atomic E-state index is 14.6. The quantitative estimate of drug-likeness (QED) is 0.819. The molecule has 3 saturated heterocycles. The van der Waals surface area contributed by atoms with Gasteiger partial charge in [0.1, 0.15) is 11.9 Å². The van der Waals surface area contributed by atoms with Gasteiger partial charge in [0.2, 0.25) is 0 Å². The number of benzene rings is 1. The summed E-state index contributed by atoms with van der Waals surface area (Å²) in [5, 5.41) is 7.60. The molecule has 0 N–H and O–H groups in total. The van der Waals surface area contributed by atoms with Crippen LogP contribution in [0.5, 0.6) is 0 Å². The summed E-state index contributed by atoms with van der Waals surface area (Å²) in [5.74, 6) is -0.329. The van der Waals surface area contributed by atoms with Crippen LogP contribution in [-0.2, 0) is 16.0 Å². The molecule has 3 fully saturated rings. The van der Waals surface area contributed by atoms with E-state index in [1.807, 2.05) is 4.90 Å². The van der Waals surface area contributed by atoms with Crippen molar-refractivity contribution in [2.75, 3.05) is 42.6 Å².